The quantitative estimate of drug-likeness (QED) is 0.889. The Labute approximate surface area is 115 Å². The van der Waals surface area contributed by atoms with Gasteiger partial charge in [-0.25, -0.2) is 0 Å². The molecular formula is C17H21NO. The van der Waals surface area contributed by atoms with Gasteiger partial charge < -0.3 is 10.5 Å². The van der Waals surface area contributed by atoms with E-state index < -0.39 is 0 Å². The fourth-order valence-corrected chi connectivity index (χ4v) is 2.25. The Bertz CT molecular complexity index is 531. The van der Waals surface area contributed by atoms with E-state index in [2.05, 4.69) is 49.4 Å². The second-order valence-electron chi connectivity index (χ2n) is 4.79. The molecule has 2 N–H and O–H groups in total. The monoisotopic (exact) mass is 255 g/mol. The number of hydrogen-bond donors (Lipinski definition) is 1. The fourth-order valence-electron chi connectivity index (χ4n) is 2.25. The molecule has 2 aromatic carbocycles. The van der Waals surface area contributed by atoms with Crippen molar-refractivity contribution in [3.05, 3.63) is 59.2 Å². The molecule has 0 heterocycles. The van der Waals surface area contributed by atoms with Crippen molar-refractivity contribution in [3.63, 3.8) is 0 Å². The molecule has 19 heavy (non-hydrogen) atoms. The van der Waals surface area contributed by atoms with Crippen LogP contribution in [-0.4, -0.2) is 13.7 Å². The van der Waals surface area contributed by atoms with Crippen LogP contribution in [0.1, 0.15) is 16.7 Å². The van der Waals surface area contributed by atoms with Crippen LogP contribution in [0.2, 0.25) is 0 Å². The molecule has 0 aliphatic rings. The minimum absolute atomic E-state index is 0.594. The van der Waals surface area contributed by atoms with Gasteiger partial charge in [-0.1, -0.05) is 42.5 Å². The van der Waals surface area contributed by atoms with Crippen molar-refractivity contribution >= 4 is 0 Å². The molecule has 2 nitrogen and oxygen atoms in total. The van der Waals surface area contributed by atoms with Crippen molar-refractivity contribution in [2.45, 2.75) is 19.9 Å². The average Bonchev–Trinajstić information content (AvgIpc) is 2.45. The first-order valence-electron chi connectivity index (χ1n) is 6.62. The van der Waals surface area contributed by atoms with Crippen molar-refractivity contribution in [1.29, 1.82) is 0 Å². The van der Waals surface area contributed by atoms with Gasteiger partial charge in [-0.05, 0) is 41.2 Å². The van der Waals surface area contributed by atoms with Crippen LogP contribution < -0.4 is 5.73 Å². The zero-order valence-electron chi connectivity index (χ0n) is 11.6. The van der Waals surface area contributed by atoms with E-state index in [1.807, 2.05) is 0 Å². The number of aryl methyl sites for hydroxylation is 1. The van der Waals surface area contributed by atoms with Gasteiger partial charge in [-0.2, -0.15) is 0 Å². The first-order valence-corrected chi connectivity index (χ1v) is 6.62. The number of benzene rings is 2. The van der Waals surface area contributed by atoms with Gasteiger partial charge in [0.15, 0.2) is 0 Å². The third-order valence-corrected chi connectivity index (χ3v) is 3.39. The number of methoxy groups -OCH3 is 1. The summed E-state index contributed by atoms with van der Waals surface area (Å²) in [5.74, 6) is 0. The molecule has 100 valence electrons. The predicted molar refractivity (Wildman–Crippen MR) is 80.1 cm³/mol. The van der Waals surface area contributed by atoms with E-state index in [1.54, 1.807) is 7.11 Å². The summed E-state index contributed by atoms with van der Waals surface area (Å²) in [5.41, 5.74) is 11.9. The maximum atomic E-state index is 5.66. The SMILES string of the molecule is COCCc1ccc(-c2ccc(CN)cc2C)cc1. The molecule has 0 atom stereocenters. The van der Waals surface area contributed by atoms with E-state index in [4.69, 9.17) is 10.5 Å². The van der Waals surface area contributed by atoms with Crippen molar-refractivity contribution in [2.24, 2.45) is 5.73 Å². The summed E-state index contributed by atoms with van der Waals surface area (Å²) in [6.45, 7) is 3.49. The standard InChI is InChI=1S/C17H21NO/c1-13-11-15(12-18)5-8-17(13)16-6-3-14(4-7-16)9-10-19-2/h3-8,11H,9-10,12,18H2,1-2H3. The molecule has 0 spiro atoms. The summed E-state index contributed by atoms with van der Waals surface area (Å²) in [7, 11) is 1.73. The van der Waals surface area contributed by atoms with Gasteiger partial charge in [0.25, 0.3) is 0 Å². The van der Waals surface area contributed by atoms with E-state index in [0.717, 1.165) is 13.0 Å². The molecule has 0 saturated heterocycles. The van der Waals surface area contributed by atoms with Crippen molar-refractivity contribution in [2.75, 3.05) is 13.7 Å². The van der Waals surface area contributed by atoms with E-state index >= 15 is 0 Å². The normalized spacial score (nSPS) is 10.7. The smallest absolute Gasteiger partial charge is 0.0502 e. The summed E-state index contributed by atoms with van der Waals surface area (Å²) in [6.07, 6.45) is 0.960. The Morgan fingerprint density at radius 2 is 1.68 bits per heavy atom. The Hall–Kier alpha value is -1.64. The summed E-state index contributed by atoms with van der Waals surface area (Å²) < 4.78 is 5.09. The predicted octanol–water partition coefficient (Wildman–Crippen LogP) is 3.31. The van der Waals surface area contributed by atoms with Crippen LogP contribution in [0, 0.1) is 6.92 Å². The van der Waals surface area contributed by atoms with Crippen molar-refractivity contribution in [3.8, 4) is 11.1 Å². The number of rotatable bonds is 5. The van der Waals surface area contributed by atoms with Gasteiger partial charge in [0.05, 0.1) is 6.61 Å². The molecule has 0 radical (unpaired) electrons. The molecule has 0 aliphatic carbocycles. The van der Waals surface area contributed by atoms with Crippen LogP contribution in [0.15, 0.2) is 42.5 Å². The first-order chi connectivity index (χ1) is 9.24. The lowest BCUT2D eigenvalue weighted by molar-refractivity contribution is 0.202. The summed E-state index contributed by atoms with van der Waals surface area (Å²) in [4.78, 5) is 0. The fraction of sp³-hybridized carbons (Fsp3) is 0.294. The van der Waals surface area contributed by atoms with Crippen LogP contribution >= 0.6 is 0 Å². The third-order valence-electron chi connectivity index (χ3n) is 3.39. The van der Waals surface area contributed by atoms with Gasteiger partial charge in [0.2, 0.25) is 0 Å². The van der Waals surface area contributed by atoms with E-state index in [-0.39, 0.29) is 0 Å². The minimum atomic E-state index is 0.594. The second-order valence-corrected chi connectivity index (χ2v) is 4.79. The molecule has 0 fully saturated rings. The summed E-state index contributed by atoms with van der Waals surface area (Å²) in [6, 6.07) is 15.1. The van der Waals surface area contributed by atoms with Gasteiger partial charge in [-0.15, -0.1) is 0 Å². The third kappa shape index (κ3) is 3.43. The molecule has 2 rings (SSSR count). The highest BCUT2D eigenvalue weighted by Crippen LogP contribution is 2.24. The maximum Gasteiger partial charge on any atom is 0.0502 e. The molecule has 0 bridgehead atoms. The summed E-state index contributed by atoms with van der Waals surface area (Å²) in [5, 5.41) is 0. The largest absolute Gasteiger partial charge is 0.384 e. The van der Waals surface area contributed by atoms with E-state index in [9.17, 15) is 0 Å². The molecule has 0 saturated carbocycles. The Kier molecular flexibility index (Phi) is 4.72. The molecule has 0 amide bonds. The van der Waals surface area contributed by atoms with E-state index in [0.29, 0.717) is 6.54 Å². The Morgan fingerprint density at radius 1 is 1.00 bits per heavy atom. The lowest BCUT2D eigenvalue weighted by atomic mass is 9.97. The van der Waals surface area contributed by atoms with Gasteiger partial charge in [-0.3, -0.25) is 0 Å². The molecular weight excluding hydrogens is 234 g/mol. The Morgan fingerprint density at radius 3 is 2.26 bits per heavy atom. The maximum absolute atomic E-state index is 5.66. The van der Waals surface area contributed by atoms with Crippen LogP contribution in [0.5, 0.6) is 0 Å². The van der Waals surface area contributed by atoms with Crippen LogP contribution in [-0.2, 0) is 17.7 Å². The van der Waals surface area contributed by atoms with Crippen molar-refractivity contribution < 1.29 is 4.74 Å². The zero-order valence-corrected chi connectivity index (χ0v) is 11.6. The molecule has 0 aromatic heterocycles. The Balaban J connectivity index is 2.22. The first kappa shape index (κ1) is 13.8. The number of nitrogens with two attached hydrogens (primary N) is 1. The van der Waals surface area contributed by atoms with Gasteiger partial charge in [0.1, 0.15) is 0 Å². The van der Waals surface area contributed by atoms with Crippen LogP contribution in [0.3, 0.4) is 0 Å². The molecule has 2 heteroatoms. The second kappa shape index (κ2) is 6.50. The molecule has 0 unspecified atom stereocenters. The van der Waals surface area contributed by atoms with E-state index in [1.165, 1.54) is 27.8 Å². The zero-order chi connectivity index (χ0) is 13.7. The lowest BCUT2D eigenvalue weighted by Gasteiger charge is -2.09. The highest BCUT2D eigenvalue weighted by Gasteiger charge is 2.03. The van der Waals surface area contributed by atoms with Crippen LogP contribution in [0.4, 0.5) is 0 Å². The minimum Gasteiger partial charge on any atom is -0.384 e. The molecule has 2 aromatic rings. The molecule has 0 aliphatic heterocycles. The summed E-state index contributed by atoms with van der Waals surface area (Å²) >= 11 is 0. The highest BCUT2D eigenvalue weighted by molar-refractivity contribution is 5.67. The van der Waals surface area contributed by atoms with Gasteiger partial charge >= 0.3 is 0 Å². The lowest BCUT2D eigenvalue weighted by Crippen LogP contribution is -1.97. The highest BCUT2D eigenvalue weighted by atomic mass is 16.5. The number of ether oxygens (including phenoxy) is 1. The number of hydrogen-bond acceptors (Lipinski definition) is 2. The van der Waals surface area contributed by atoms with Gasteiger partial charge in [0, 0.05) is 13.7 Å². The average molecular weight is 255 g/mol. The topological polar surface area (TPSA) is 35.2 Å². The van der Waals surface area contributed by atoms with Crippen LogP contribution in [0.25, 0.3) is 11.1 Å². The van der Waals surface area contributed by atoms with Crippen molar-refractivity contribution in [1.82, 2.24) is 0 Å².